The molecule has 27 heavy (non-hydrogen) atoms. The average molecular weight is 367 g/mol. The Morgan fingerprint density at radius 2 is 2.26 bits per heavy atom. The number of likely N-dealkylation sites (tertiary alicyclic amines) is 1. The molecule has 1 N–H and O–H groups in total. The Kier molecular flexibility index (Phi) is 5.69. The summed E-state index contributed by atoms with van der Waals surface area (Å²) in [5.41, 5.74) is 0.784. The van der Waals surface area contributed by atoms with Crippen LogP contribution < -0.4 is 5.32 Å². The quantitative estimate of drug-likeness (QED) is 0.871. The highest BCUT2D eigenvalue weighted by Crippen LogP contribution is 2.24. The Morgan fingerprint density at radius 1 is 1.44 bits per heavy atom. The number of amides is 1. The minimum Gasteiger partial charge on any atom is -0.368 e. The molecule has 0 saturated carbocycles. The number of piperidine rings is 1. The van der Waals surface area contributed by atoms with Gasteiger partial charge in [0.15, 0.2) is 5.69 Å². The van der Waals surface area contributed by atoms with Gasteiger partial charge in [-0.2, -0.15) is 5.26 Å². The predicted octanol–water partition coefficient (Wildman–Crippen LogP) is 2.34. The van der Waals surface area contributed by atoms with Crippen LogP contribution in [0, 0.1) is 23.2 Å². The maximum atomic E-state index is 12.8. The number of nitrogens with one attached hydrogen (secondary N) is 1. The van der Waals surface area contributed by atoms with Crippen LogP contribution in [-0.2, 0) is 0 Å². The molecular formula is C19H25N7O. The van der Waals surface area contributed by atoms with Gasteiger partial charge in [0, 0.05) is 31.9 Å². The highest BCUT2D eigenvalue weighted by Gasteiger charge is 2.30. The highest BCUT2D eigenvalue weighted by atomic mass is 16.2. The third-order valence-corrected chi connectivity index (χ3v) is 5.11. The van der Waals surface area contributed by atoms with Crippen molar-refractivity contribution in [3.05, 3.63) is 36.3 Å². The monoisotopic (exact) mass is 367 g/mol. The van der Waals surface area contributed by atoms with Crippen molar-refractivity contribution >= 4 is 11.7 Å². The zero-order valence-electron chi connectivity index (χ0n) is 16.0. The van der Waals surface area contributed by atoms with Gasteiger partial charge in [0.1, 0.15) is 17.6 Å². The van der Waals surface area contributed by atoms with Crippen molar-refractivity contribution in [1.82, 2.24) is 24.4 Å². The van der Waals surface area contributed by atoms with Crippen LogP contribution in [-0.4, -0.2) is 50.0 Å². The summed E-state index contributed by atoms with van der Waals surface area (Å²) < 4.78 is 1.94. The fourth-order valence-corrected chi connectivity index (χ4v) is 3.23. The van der Waals surface area contributed by atoms with Crippen molar-refractivity contribution in [3.8, 4) is 6.07 Å². The molecule has 3 heterocycles. The molecule has 0 aliphatic carbocycles. The molecule has 3 rings (SSSR count). The molecule has 2 unspecified atom stereocenters. The number of rotatable bonds is 5. The van der Waals surface area contributed by atoms with E-state index in [9.17, 15) is 4.79 Å². The van der Waals surface area contributed by atoms with E-state index in [1.165, 1.54) is 6.20 Å². The number of carbonyl (C=O) groups excluding carboxylic acids is 1. The van der Waals surface area contributed by atoms with Gasteiger partial charge >= 0.3 is 0 Å². The summed E-state index contributed by atoms with van der Waals surface area (Å²) in [5.74, 6) is 1.35. The average Bonchev–Trinajstić information content (AvgIpc) is 3.17. The van der Waals surface area contributed by atoms with Crippen LogP contribution >= 0.6 is 0 Å². The van der Waals surface area contributed by atoms with Gasteiger partial charge in [-0.15, -0.1) is 0 Å². The summed E-state index contributed by atoms with van der Waals surface area (Å²) in [6.45, 7) is 8.42. The summed E-state index contributed by atoms with van der Waals surface area (Å²) in [7, 11) is 0. The molecule has 1 amide bonds. The first kappa shape index (κ1) is 18.8. The maximum Gasteiger partial charge on any atom is 0.274 e. The van der Waals surface area contributed by atoms with Crippen molar-refractivity contribution in [2.24, 2.45) is 11.8 Å². The van der Waals surface area contributed by atoms with Gasteiger partial charge in [0.2, 0.25) is 0 Å². The van der Waals surface area contributed by atoms with Crippen LogP contribution in [0.25, 0.3) is 0 Å². The smallest absolute Gasteiger partial charge is 0.274 e. The zero-order chi connectivity index (χ0) is 19.4. The largest absolute Gasteiger partial charge is 0.368 e. The highest BCUT2D eigenvalue weighted by molar-refractivity contribution is 5.92. The van der Waals surface area contributed by atoms with Gasteiger partial charge in [-0.25, -0.2) is 9.97 Å². The molecular weight excluding hydrogens is 342 g/mol. The summed E-state index contributed by atoms with van der Waals surface area (Å²) in [4.78, 5) is 27.2. The second-order valence-corrected chi connectivity index (χ2v) is 7.36. The molecule has 0 aromatic carbocycles. The van der Waals surface area contributed by atoms with E-state index >= 15 is 0 Å². The third kappa shape index (κ3) is 4.42. The molecule has 0 spiro atoms. The van der Waals surface area contributed by atoms with E-state index < -0.39 is 0 Å². The number of nitriles is 1. The number of aromatic nitrogens is 4. The summed E-state index contributed by atoms with van der Waals surface area (Å²) in [6.07, 6.45) is 7.53. The van der Waals surface area contributed by atoms with E-state index in [1.807, 2.05) is 21.7 Å². The van der Waals surface area contributed by atoms with Crippen LogP contribution in [0.1, 0.15) is 49.4 Å². The number of nitrogens with zero attached hydrogens (tertiary/aromatic N) is 6. The second kappa shape index (κ2) is 8.16. The van der Waals surface area contributed by atoms with E-state index in [2.05, 4.69) is 41.0 Å². The lowest BCUT2D eigenvalue weighted by atomic mass is 9.87. The number of anilines is 1. The molecule has 2 atom stereocenters. The van der Waals surface area contributed by atoms with Crippen molar-refractivity contribution in [2.75, 3.05) is 25.0 Å². The number of carbonyl (C=O) groups is 1. The zero-order valence-corrected chi connectivity index (χ0v) is 16.0. The van der Waals surface area contributed by atoms with Crippen molar-refractivity contribution in [2.45, 2.75) is 33.2 Å². The fourth-order valence-electron chi connectivity index (χ4n) is 3.23. The van der Waals surface area contributed by atoms with Gasteiger partial charge in [0.25, 0.3) is 5.91 Å². The van der Waals surface area contributed by atoms with Crippen molar-refractivity contribution in [1.29, 1.82) is 5.26 Å². The minimum absolute atomic E-state index is 0.0161. The standard InChI is InChI=1S/C19H25N7O/c1-13(2)26-11-17(23-12-26)19(27)25-5-4-14(3)15(10-25)7-22-18-9-21-8-16(6-20)24-18/h8-9,11-15H,4-5,7,10H2,1-3H3,(H,22,24). The van der Waals surface area contributed by atoms with Gasteiger partial charge in [-0.3, -0.25) is 9.78 Å². The molecule has 0 radical (unpaired) electrons. The lowest BCUT2D eigenvalue weighted by Gasteiger charge is -2.37. The molecule has 1 aliphatic heterocycles. The molecule has 2 aromatic rings. The van der Waals surface area contributed by atoms with Gasteiger partial charge in [-0.05, 0) is 32.1 Å². The van der Waals surface area contributed by atoms with Crippen LogP contribution in [0.3, 0.4) is 0 Å². The number of hydrogen-bond donors (Lipinski definition) is 1. The van der Waals surface area contributed by atoms with E-state index in [4.69, 9.17) is 5.26 Å². The molecule has 0 bridgehead atoms. The molecule has 142 valence electrons. The summed E-state index contributed by atoms with van der Waals surface area (Å²) in [5, 5.41) is 12.2. The first-order valence-corrected chi connectivity index (χ1v) is 9.26. The Labute approximate surface area is 159 Å². The minimum atomic E-state index is -0.0161. The van der Waals surface area contributed by atoms with E-state index in [-0.39, 0.29) is 17.6 Å². The van der Waals surface area contributed by atoms with E-state index in [0.29, 0.717) is 36.4 Å². The Bertz CT molecular complexity index is 839. The second-order valence-electron chi connectivity index (χ2n) is 7.36. The van der Waals surface area contributed by atoms with E-state index in [0.717, 1.165) is 13.0 Å². The normalized spacial score (nSPS) is 19.7. The number of imidazole rings is 1. The van der Waals surface area contributed by atoms with Crippen LogP contribution in [0.15, 0.2) is 24.9 Å². The topological polar surface area (TPSA) is 99.7 Å². The van der Waals surface area contributed by atoms with E-state index in [1.54, 1.807) is 12.5 Å². The molecule has 8 heteroatoms. The Morgan fingerprint density at radius 3 is 2.96 bits per heavy atom. The van der Waals surface area contributed by atoms with Crippen LogP contribution in [0.4, 0.5) is 5.82 Å². The molecule has 1 fully saturated rings. The fraction of sp³-hybridized carbons (Fsp3) is 0.526. The van der Waals surface area contributed by atoms with Crippen molar-refractivity contribution < 1.29 is 4.79 Å². The van der Waals surface area contributed by atoms with Crippen LogP contribution in [0.5, 0.6) is 0 Å². The lowest BCUT2D eigenvalue weighted by molar-refractivity contribution is 0.0617. The SMILES string of the molecule is CC1CCN(C(=O)c2cn(C(C)C)cn2)CC1CNc1cncc(C#N)n1. The maximum absolute atomic E-state index is 12.8. The summed E-state index contributed by atoms with van der Waals surface area (Å²) >= 11 is 0. The van der Waals surface area contributed by atoms with Crippen LogP contribution in [0.2, 0.25) is 0 Å². The summed E-state index contributed by atoms with van der Waals surface area (Å²) in [6, 6.07) is 2.27. The van der Waals surface area contributed by atoms with Crippen molar-refractivity contribution in [3.63, 3.8) is 0 Å². The van der Waals surface area contributed by atoms with Gasteiger partial charge in [0.05, 0.1) is 18.7 Å². The van der Waals surface area contributed by atoms with Gasteiger partial charge < -0.3 is 14.8 Å². The predicted molar refractivity (Wildman–Crippen MR) is 101 cm³/mol. The van der Waals surface area contributed by atoms with Gasteiger partial charge in [-0.1, -0.05) is 6.92 Å². The first-order chi connectivity index (χ1) is 13.0. The first-order valence-electron chi connectivity index (χ1n) is 9.26. The Hall–Kier alpha value is -2.95. The molecule has 1 saturated heterocycles. The molecule has 2 aromatic heterocycles. The Balaban J connectivity index is 1.63. The number of hydrogen-bond acceptors (Lipinski definition) is 6. The third-order valence-electron chi connectivity index (χ3n) is 5.11. The molecule has 8 nitrogen and oxygen atoms in total. The molecule has 1 aliphatic rings. The lowest BCUT2D eigenvalue weighted by Crippen LogP contribution is -2.45.